The number of hydrogen-bond donors (Lipinski definition) is 0. The molecule has 0 N–H and O–H groups in total. The fraction of sp³-hybridized carbons (Fsp3) is 0.167. The van der Waals surface area contributed by atoms with Crippen LogP contribution in [0, 0.1) is 0 Å². The first kappa shape index (κ1) is 16.1. The number of hydrogen-bond acceptors (Lipinski definition) is 5. The molecule has 0 saturated heterocycles. The summed E-state index contributed by atoms with van der Waals surface area (Å²) in [4.78, 5) is 23.2. The van der Waals surface area contributed by atoms with E-state index in [9.17, 15) is 4.79 Å². The Balaban J connectivity index is 1.68. The van der Waals surface area contributed by atoms with Crippen LogP contribution in [0.2, 0.25) is 5.02 Å². The third-order valence-corrected chi connectivity index (χ3v) is 5.00. The Bertz CT molecular complexity index is 929. The van der Waals surface area contributed by atoms with Crippen LogP contribution in [0.25, 0.3) is 10.6 Å². The second kappa shape index (κ2) is 6.46. The van der Waals surface area contributed by atoms with Crippen molar-refractivity contribution in [1.82, 2.24) is 9.97 Å². The number of amides is 1. The molecule has 1 aliphatic heterocycles. The first-order valence-corrected chi connectivity index (χ1v) is 9.01. The fourth-order valence-corrected chi connectivity index (χ4v) is 3.71. The lowest BCUT2D eigenvalue weighted by Crippen LogP contribution is -2.42. The zero-order valence-corrected chi connectivity index (χ0v) is 14.9. The van der Waals surface area contributed by atoms with Gasteiger partial charge >= 0.3 is 0 Å². The summed E-state index contributed by atoms with van der Waals surface area (Å²) in [7, 11) is 0. The minimum atomic E-state index is -0.157. The summed E-state index contributed by atoms with van der Waals surface area (Å²) in [6, 6.07) is 9.04. The number of aromatic nitrogens is 2. The van der Waals surface area contributed by atoms with Crippen molar-refractivity contribution in [2.75, 3.05) is 11.4 Å². The number of anilines is 1. The van der Waals surface area contributed by atoms with Crippen molar-refractivity contribution in [1.29, 1.82) is 0 Å². The van der Waals surface area contributed by atoms with Gasteiger partial charge in [-0.2, -0.15) is 0 Å². The van der Waals surface area contributed by atoms with Gasteiger partial charge in [0.15, 0.2) is 0 Å². The van der Waals surface area contributed by atoms with Gasteiger partial charge in [-0.05, 0) is 37.3 Å². The number of benzene rings is 1. The van der Waals surface area contributed by atoms with Crippen LogP contribution in [0.5, 0.6) is 5.75 Å². The number of rotatable bonds is 2. The van der Waals surface area contributed by atoms with Crippen LogP contribution in [0.15, 0.2) is 48.1 Å². The van der Waals surface area contributed by atoms with E-state index in [0.29, 0.717) is 28.7 Å². The molecule has 0 unspecified atom stereocenters. The van der Waals surface area contributed by atoms with E-state index >= 15 is 0 Å². The van der Waals surface area contributed by atoms with Crippen LogP contribution in [-0.2, 0) is 0 Å². The molecule has 3 heterocycles. The van der Waals surface area contributed by atoms with E-state index in [-0.39, 0.29) is 12.0 Å². The molecule has 25 heavy (non-hydrogen) atoms. The van der Waals surface area contributed by atoms with Gasteiger partial charge in [-0.25, -0.2) is 4.98 Å². The van der Waals surface area contributed by atoms with Gasteiger partial charge in [0.25, 0.3) is 5.91 Å². The van der Waals surface area contributed by atoms with Gasteiger partial charge in [0, 0.05) is 28.4 Å². The average molecular weight is 372 g/mol. The third kappa shape index (κ3) is 3.10. The predicted octanol–water partition coefficient (Wildman–Crippen LogP) is 4.29. The first-order chi connectivity index (χ1) is 12.1. The average Bonchev–Trinajstić information content (AvgIpc) is 3.12. The highest BCUT2D eigenvalue weighted by atomic mass is 35.5. The number of halogens is 1. The van der Waals surface area contributed by atoms with E-state index in [2.05, 4.69) is 9.97 Å². The molecular weight excluding hydrogens is 358 g/mol. The molecule has 0 spiro atoms. The highest BCUT2D eigenvalue weighted by Crippen LogP contribution is 2.36. The maximum Gasteiger partial charge on any atom is 0.278 e. The maximum atomic E-state index is 13.0. The lowest BCUT2D eigenvalue weighted by atomic mass is 10.2. The summed E-state index contributed by atoms with van der Waals surface area (Å²) < 4.78 is 5.80. The molecule has 0 aliphatic carbocycles. The number of thiazole rings is 1. The van der Waals surface area contributed by atoms with Gasteiger partial charge in [-0.1, -0.05) is 11.6 Å². The van der Waals surface area contributed by atoms with Crippen molar-refractivity contribution >= 4 is 34.5 Å². The van der Waals surface area contributed by atoms with Crippen LogP contribution < -0.4 is 9.64 Å². The van der Waals surface area contributed by atoms with Gasteiger partial charge in [0.2, 0.25) is 0 Å². The molecule has 3 aromatic rings. The molecule has 1 atom stereocenters. The van der Waals surface area contributed by atoms with Crippen LogP contribution in [0.1, 0.15) is 17.4 Å². The van der Waals surface area contributed by atoms with Crippen molar-refractivity contribution in [2.24, 2.45) is 0 Å². The van der Waals surface area contributed by atoms with E-state index in [1.807, 2.05) is 19.1 Å². The summed E-state index contributed by atoms with van der Waals surface area (Å²) in [5, 5.41) is 3.13. The summed E-state index contributed by atoms with van der Waals surface area (Å²) in [5.41, 5.74) is 2.03. The minimum Gasteiger partial charge on any atom is -0.487 e. The molecule has 126 valence electrons. The minimum absolute atomic E-state index is 0.101. The van der Waals surface area contributed by atoms with Crippen molar-refractivity contribution < 1.29 is 9.53 Å². The zero-order chi connectivity index (χ0) is 17.4. The Morgan fingerprint density at radius 2 is 2.12 bits per heavy atom. The Hall–Kier alpha value is -2.44. The maximum absolute atomic E-state index is 13.0. The molecule has 5 nitrogen and oxygen atoms in total. The largest absolute Gasteiger partial charge is 0.487 e. The Kier molecular flexibility index (Phi) is 4.15. The standard InChI is InChI=1S/C18H14ClN3O2S/c1-11-9-22(15-8-13(19)2-3-16(15)24-11)18(23)14-10-25-17(21-14)12-4-6-20-7-5-12/h2-8,10-11H,9H2,1H3/t11-/m0/s1. The Morgan fingerprint density at radius 3 is 2.92 bits per heavy atom. The fourth-order valence-electron chi connectivity index (χ4n) is 2.74. The van der Waals surface area contributed by atoms with Gasteiger partial charge in [0.05, 0.1) is 12.2 Å². The molecule has 1 amide bonds. The third-order valence-electron chi connectivity index (χ3n) is 3.88. The van der Waals surface area contributed by atoms with Crippen LogP contribution in [0.4, 0.5) is 5.69 Å². The lowest BCUT2D eigenvalue weighted by molar-refractivity contribution is 0.0957. The molecule has 0 fully saturated rings. The summed E-state index contributed by atoms with van der Waals surface area (Å²) in [6.07, 6.45) is 3.32. The smallest absolute Gasteiger partial charge is 0.278 e. The molecule has 2 aromatic heterocycles. The zero-order valence-electron chi connectivity index (χ0n) is 13.3. The van der Waals surface area contributed by atoms with Crippen molar-refractivity contribution in [3.05, 3.63) is 58.8 Å². The van der Waals surface area contributed by atoms with E-state index in [0.717, 1.165) is 10.6 Å². The molecular formula is C18H14ClN3O2S. The lowest BCUT2D eigenvalue weighted by Gasteiger charge is -2.33. The molecule has 1 aromatic carbocycles. The van der Waals surface area contributed by atoms with Crippen molar-refractivity contribution in [3.8, 4) is 16.3 Å². The molecule has 0 bridgehead atoms. The monoisotopic (exact) mass is 371 g/mol. The second-order valence-electron chi connectivity index (χ2n) is 5.73. The van der Waals surface area contributed by atoms with Crippen LogP contribution >= 0.6 is 22.9 Å². The second-order valence-corrected chi connectivity index (χ2v) is 7.02. The first-order valence-electron chi connectivity index (χ1n) is 7.76. The highest BCUT2D eigenvalue weighted by molar-refractivity contribution is 7.13. The van der Waals surface area contributed by atoms with Gasteiger partial charge in [-0.15, -0.1) is 11.3 Å². The van der Waals surface area contributed by atoms with Crippen molar-refractivity contribution in [2.45, 2.75) is 13.0 Å². The van der Waals surface area contributed by atoms with E-state index < -0.39 is 0 Å². The summed E-state index contributed by atoms with van der Waals surface area (Å²) in [6.45, 7) is 2.38. The van der Waals surface area contributed by atoms with Crippen LogP contribution in [0.3, 0.4) is 0 Å². The summed E-state index contributed by atoms with van der Waals surface area (Å²) >= 11 is 7.54. The van der Waals surface area contributed by atoms with E-state index in [1.54, 1.807) is 40.9 Å². The molecule has 1 aliphatic rings. The number of ether oxygens (including phenoxy) is 1. The summed E-state index contributed by atoms with van der Waals surface area (Å²) in [5.74, 6) is 0.497. The quantitative estimate of drug-likeness (QED) is 0.674. The topological polar surface area (TPSA) is 55.3 Å². The molecule has 7 heteroatoms. The Labute approximate surface area is 153 Å². The highest BCUT2D eigenvalue weighted by Gasteiger charge is 2.29. The SMILES string of the molecule is C[C@H]1CN(C(=O)c2csc(-c3ccncc3)n2)c2cc(Cl)ccc2O1. The molecule has 0 radical (unpaired) electrons. The number of pyridine rings is 1. The van der Waals surface area contributed by atoms with E-state index in [1.165, 1.54) is 11.3 Å². The Morgan fingerprint density at radius 1 is 1.32 bits per heavy atom. The van der Waals surface area contributed by atoms with Gasteiger partial charge in [0.1, 0.15) is 22.6 Å². The van der Waals surface area contributed by atoms with E-state index in [4.69, 9.17) is 16.3 Å². The van der Waals surface area contributed by atoms with Crippen molar-refractivity contribution in [3.63, 3.8) is 0 Å². The van der Waals surface area contributed by atoms with Gasteiger partial charge < -0.3 is 4.74 Å². The van der Waals surface area contributed by atoms with Crippen LogP contribution in [-0.4, -0.2) is 28.5 Å². The molecule has 0 saturated carbocycles. The number of carbonyl (C=O) groups excluding carboxylic acids is 1. The predicted molar refractivity (Wildman–Crippen MR) is 98.6 cm³/mol. The molecule has 4 rings (SSSR count). The normalized spacial score (nSPS) is 16.2. The number of carbonyl (C=O) groups is 1. The number of nitrogens with zero attached hydrogens (tertiary/aromatic N) is 3. The number of fused-ring (bicyclic) bond motifs is 1. The van der Waals surface area contributed by atoms with Gasteiger partial charge in [-0.3, -0.25) is 14.7 Å².